The maximum atomic E-state index is 10.8. The Labute approximate surface area is 96.3 Å². The molecular weight excluding hydrogens is 228 g/mol. The summed E-state index contributed by atoms with van der Waals surface area (Å²) in [4.78, 5) is 18.2. The van der Waals surface area contributed by atoms with E-state index in [1.165, 1.54) is 0 Å². The summed E-state index contributed by atoms with van der Waals surface area (Å²) in [5, 5.41) is 9.49. The number of imidazole rings is 1. The van der Waals surface area contributed by atoms with Crippen LogP contribution in [0.15, 0.2) is 18.2 Å². The van der Waals surface area contributed by atoms with E-state index in [4.69, 9.17) is 16.7 Å². The fourth-order valence-corrected chi connectivity index (χ4v) is 2.12. The molecule has 2 N–H and O–H groups in total. The van der Waals surface area contributed by atoms with Crippen LogP contribution < -0.4 is 0 Å². The summed E-state index contributed by atoms with van der Waals surface area (Å²) in [7, 11) is 0. The third-order valence-corrected chi connectivity index (χ3v) is 3.16. The number of aromatic amines is 1. The first-order valence-electron chi connectivity index (χ1n) is 5.03. The van der Waals surface area contributed by atoms with Crippen molar-refractivity contribution in [2.45, 2.75) is 12.3 Å². The number of hydrogen-bond donors (Lipinski definition) is 2. The van der Waals surface area contributed by atoms with E-state index in [1.807, 2.05) is 6.07 Å². The van der Waals surface area contributed by atoms with Gasteiger partial charge < -0.3 is 10.1 Å². The number of carboxylic acids is 1. The molecule has 0 amide bonds. The molecule has 0 saturated heterocycles. The number of halogens is 1. The van der Waals surface area contributed by atoms with Crippen molar-refractivity contribution < 1.29 is 9.90 Å². The number of hydrogen-bond acceptors (Lipinski definition) is 2. The Bertz CT molecular complexity index is 578. The van der Waals surface area contributed by atoms with Crippen molar-refractivity contribution in [1.82, 2.24) is 9.97 Å². The number of rotatable bonds is 2. The van der Waals surface area contributed by atoms with Crippen molar-refractivity contribution in [3.05, 3.63) is 29.0 Å². The largest absolute Gasteiger partial charge is 0.481 e. The Balaban J connectivity index is 1.98. The molecule has 5 heteroatoms. The summed E-state index contributed by atoms with van der Waals surface area (Å²) >= 11 is 5.86. The van der Waals surface area contributed by atoms with Crippen LogP contribution in [-0.4, -0.2) is 21.0 Å². The Morgan fingerprint density at radius 1 is 1.56 bits per heavy atom. The third kappa shape index (κ3) is 1.46. The Morgan fingerprint density at radius 3 is 3.06 bits per heavy atom. The molecule has 1 aliphatic carbocycles. The lowest BCUT2D eigenvalue weighted by molar-refractivity contribution is -0.138. The summed E-state index contributed by atoms with van der Waals surface area (Å²) in [6.45, 7) is 0. The number of nitrogens with one attached hydrogen (secondary N) is 1. The van der Waals surface area contributed by atoms with Gasteiger partial charge in [0.2, 0.25) is 0 Å². The van der Waals surface area contributed by atoms with Gasteiger partial charge in [-0.05, 0) is 24.6 Å². The van der Waals surface area contributed by atoms with Crippen molar-refractivity contribution in [2.75, 3.05) is 0 Å². The molecule has 1 aliphatic rings. The smallest absolute Gasteiger partial charge is 0.307 e. The van der Waals surface area contributed by atoms with Crippen molar-refractivity contribution in [3.63, 3.8) is 0 Å². The zero-order valence-corrected chi connectivity index (χ0v) is 9.03. The lowest BCUT2D eigenvalue weighted by Gasteiger charge is -1.89. The molecule has 1 heterocycles. The molecule has 1 aromatic heterocycles. The molecule has 0 bridgehead atoms. The normalized spacial score (nSPS) is 23.6. The molecule has 16 heavy (non-hydrogen) atoms. The van der Waals surface area contributed by atoms with Crippen LogP contribution in [0.25, 0.3) is 11.0 Å². The quantitative estimate of drug-likeness (QED) is 0.842. The highest BCUT2D eigenvalue weighted by molar-refractivity contribution is 6.31. The second kappa shape index (κ2) is 3.22. The van der Waals surface area contributed by atoms with E-state index >= 15 is 0 Å². The number of fused-ring (bicyclic) bond motifs is 1. The van der Waals surface area contributed by atoms with Crippen LogP contribution in [0.5, 0.6) is 0 Å². The second-order valence-electron chi connectivity index (χ2n) is 4.07. The van der Waals surface area contributed by atoms with Gasteiger partial charge in [0, 0.05) is 10.9 Å². The summed E-state index contributed by atoms with van der Waals surface area (Å²) in [5.74, 6) is -0.243. The number of carboxylic acid groups (broad SMARTS) is 1. The number of nitrogens with zero attached hydrogens (tertiary/aromatic N) is 1. The van der Waals surface area contributed by atoms with Gasteiger partial charge in [-0.15, -0.1) is 0 Å². The maximum absolute atomic E-state index is 10.8. The highest BCUT2D eigenvalue weighted by Crippen LogP contribution is 2.46. The van der Waals surface area contributed by atoms with Crippen LogP contribution in [0.4, 0.5) is 0 Å². The number of carbonyl (C=O) groups is 1. The molecule has 1 aromatic carbocycles. The van der Waals surface area contributed by atoms with Gasteiger partial charge in [-0.2, -0.15) is 0 Å². The van der Waals surface area contributed by atoms with Crippen molar-refractivity contribution >= 4 is 28.6 Å². The maximum Gasteiger partial charge on any atom is 0.307 e. The molecule has 3 rings (SSSR count). The van der Waals surface area contributed by atoms with E-state index in [-0.39, 0.29) is 11.8 Å². The topological polar surface area (TPSA) is 66.0 Å². The van der Waals surface area contributed by atoms with Crippen LogP contribution >= 0.6 is 11.6 Å². The predicted octanol–water partition coefficient (Wildman–Crippen LogP) is 2.40. The van der Waals surface area contributed by atoms with E-state index in [9.17, 15) is 4.79 Å². The first-order valence-corrected chi connectivity index (χ1v) is 5.41. The summed E-state index contributed by atoms with van der Waals surface area (Å²) in [6, 6.07) is 5.40. The standard InChI is InChI=1S/C11H9ClN2O2/c12-5-1-2-8-9(3-5)14-10(13-8)6-4-7(6)11(15)16/h1-3,6-7H,4H2,(H,13,14)(H,15,16)/t6-,7?/m0/s1. The minimum atomic E-state index is -0.747. The SMILES string of the molecule is O=C(O)C1C[C@@H]1c1nc2ccc(Cl)cc2[nH]1. The van der Waals surface area contributed by atoms with Gasteiger partial charge in [0.25, 0.3) is 0 Å². The lowest BCUT2D eigenvalue weighted by Crippen LogP contribution is -1.99. The molecular formula is C11H9ClN2O2. The van der Waals surface area contributed by atoms with Crippen LogP contribution in [-0.2, 0) is 4.79 Å². The summed E-state index contributed by atoms with van der Waals surface area (Å²) in [6.07, 6.45) is 0.670. The number of aliphatic carboxylic acids is 1. The first kappa shape index (κ1) is 9.66. The molecule has 1 saturated carbocycles. The lowest BCUT2D eigenvalue weighted by atomic mass is 10.3. The molecule has 1 unspecified atom stereocenters. The zero-order valence-electron chi connectivity index (χ0n) is 8.27. The number of H-pyrrole nitrogens is 1. The van der Waals surface area contributed by atoms with Crippen LogP contribution in [0.2, 0.25) is 5.02 Å². The highest BCUT2D eigenvalue weighted by Gasteiger charge is 2.46. The third-order valence-electron chi connectivity index (χ3n) is 2.92. The predicted molar refractivity (Wildman–Crippen MR) is 59.6 cm³/mol. The molecule has 4 nitrogen and oxygen atoms in total. The average molecular weight is 237 g/mol. The number of benzene rings is 1. The van der Waals surface area contributed by atoms with Gasteiger partial charge in [-0.1, -0.05) is 11.6 Å². The minimum Gasteiger partial charge on any atom is -0.481 e. The fraction of sp³-hybridized carbons (Fsp3) is 0.273. The van der Waals surface area contributed by atoms with E-state index < -0.39 is 5.97 Å². The molecule has 1 fully saturated rings. The van der Waals surface area contributed by atoms with Gasteiger partial charge in [0.05, 0.1) is 17.0 Å². The molecule has 0 spiro atoms. The monoisotopic (exact) mass is 236 g/mol. The minimum absolute atomic E-state index is 0.0312. The van der Waals surface area contributed by atoms with Crippen LogP contribution in [0.3, 0.4) is 0 Å². The van der Waals surface area contributed by atoms with E-state index in [1.54, 1.807) is 12.1 Å². The van der Waals surface area contributed by atoms with Gasteiger partial charge in [-0.25, -0.2) is 4.98 Å². The Kier molecular flexibility index (Phi) is 1.94. The van der Waals surface area contributed by atoms with Crippen molar-refractivity contribution in [1.29, 1.82) is 0 Å². The van der Waals surface area contributed by atoms with Gasteiger partial charge in [0.15, 0.2) is 0 Å². The van der Waals surface area contributed by atoms with E-state index in [2.05, 4.69) is 9.97 Å². The molecule has 0 radical (unpaired) electrons. The molecule has 2 atom stereocenters. The Hall–Kier alpha value is -1.55. The zero-order chi connectivity index (χ0) is 11.3. The van der Waals surface area contributed by atoms with Gasteiger partial charge in [0.1, 0.15) is 5.82 Å². The van der Waals surface area contributed by atoms with Crippen molar-refractivity contribution in [3.8, 4) is 0 Å². The second-order valence-corrected chi connectivity index (χ2v) is 4.51. The van der Waals surface area contributed by atoms with Crippen LogP contribution in [0.1, 0.15) is 18.2 Å². The van der Waals surface area contributed by atoms with E-state index in [0.717, 1.165) is 16.9 Å². The van der Waals surface area contributed by atoms with E-state index in [0.29, 0.717) is 11.4 Å². The van der Waals surface area contributed by atoms with Gasteiger partial charge in [-0.3, -0.25) is 4.79 Å². The molecule has 82 valence electrons. The van der Waals surface area contributed by atoms with Gasteiger partial charge >= 0.3 is 5.97 Å². The number of aromatic nitrogens is 2. The first-order chi connectivity index (χ1) is 7.65. The highest BCUT2D eigenvalue weighted by atomic mass is 35.5. The molecule has 2 aromatic rings. The average Bonchev–Trinajstić information content (AvgIpc) is 2.93. The Morgan fingerprint density at radius 2 is 2.38 bits per heavy atom. The fourth-order valence-electron chi connectivity index (χ4n) is 1.95. The summed E-state index contributed by atoms with van der Waals surface area (Å²) < 4.78 is 0. The van der Waals surface area contributed by atoms with Crippen molar-refractivity contribution in [2.24, 2.45) is 5.92 Å². The molecule has 0 aliphatic heterocycles. The van der Waals surface area contributed by atoms with Crippen LogP contribution in [0, 0.1) is 5.92 Å². The summed E-state index contributed by atoms with van der Waals surface area (Å²) in [5.41, 5.74) is 1.69.